The standard InChI is InChI=1S/C24H30O4Si/c1-17-22-21(23(25)27-17)15-18(28-22)16-26-29(24(2,3)4,19-11-7-5-8-12-19)20-13-9-6-10-14-20/h5-14,17-18,21-22H,15-16H2,1-4H3/t17-,18-,21+,22+/m0/s1. The lowest BCUT2D eigenvalue weighted by molar-refractivity contribution is -0.145. The van der Waals surface area contributed by atoms with E-state index >= 15 is 0 Å². The van der Waals surface area contributed by atoms with Gasteiger partial charge in [-0.25, -0.2) is 0 Å². The molecule has 4 nitrogen and oxygen atoms in total. The summed E-state index contributed by atoms with van der Waals surface area (Å²) >= 11 is 0. The largest absolute Gasteiger partial charge is 0.460 e. The van der Waals surface area contributed by atoms with Crippen LogP contribution in [0.4, 0.5) is 0 Å². The summed E-state index contributed by atoms with van der Waals surface area (Å²) in [7, 11) is -2.58. The van der Waals surface area contributed by atoms with Crippen molar-refractivity contribution >= 4 is 24.7 Å². The van der Waals surface area contributed by atoms with E-state index in [0.29, 0.717) is 13.0 Å². The van der Waals surface area contributed by atoms with Crippen LogP contribution in [0.25, 0.3) is 0 Å². The van der Waals surface area contributed by atoms with E-state index in [1.165, 1.54) is 10.4 Å². The van der Waals surface area contributed by atoms with Crippen molar-refractivity contribution in [3.8, 4) is 0 Å². The zero-order chi connectivity index (χ0) is 20.6. The number of carbonyl (C=O) groups excluding carboxylic acids is 1. The number of esters is 1. The third kappa shape index (κ3) is 3.56. The number of hydrogen-bond acceptors (Lipinski definition) is 4. The average Bonchev–Trinajstić information content (AvgIpc) is 3.24. The van der Waals surface area contributed by atoms with Crippen molar-refractivity contribution in [1.82, 2.24) is 0 Å². The second-order valence-corrected chi connectivity index (χ2v) is 13.5. The summed E-state index contributed by atoms with van der Waals surface area (Å²) in [5.74, 6) is -0.284. The van der Waals surface area contributed by atoms with E-state index < -0.39 is 8.32 Å². The number of rotatable bonds is 5. The van der Waals surface area contributed by atoms with Gasteiger partial charge in [-0.2, -0.15) is 0 Å². The number of ether oxygens (including phenoxy) is 2. The molecule has 0 radical (unpaired) electrons. The highest BCUT2D eigenvalue weighted by Gasteiger charge is 2.53. The van der Waals surface area contributed by atoms with E-state index in [1.54, 1.807) is 0 Å². The van der Waals surface area contributed by atoms with Gasteiger partial charge in [-0.1, -0.05) is 81.4 Å². The van der Waals surface area contributed by atoms with Gasteiger partial charge < -0.3 is 13.9 Å². The lowest BCUT2D eigenvalue weighted by Gasteiger charge is -2.43. The highest BCUT2D eigenvalue weighted by Crippen LogP contribution is 2.39. The van der Waals surface area contributed by atoms with Gasteiger partial charge in [0.05, 0.1) is 18.6 Å². The summed E-state index contributed by atoms with van der Waals surface area (Å²) < 4.78 is 18.5. The van der Waals surface area contributed by atoms with Gasteiger partial charge in [0.2, 0.25) is 0 Å². The fraction of sp³-hybridized carbons (Fsp3) is 0.458. The Morgan fingerprint density at radius 3 is 2.03 bits per heavy atom. The van der Waals surface area contributed by atoms with Gasteiger partial charge in [-0.05, 0) is 28.8 Å². The maximum atomic E-state index is 12.1. The fourth-order valence-electron chi connectivity index (χ4n) is 4.88. The minimum Gasteiger partial charge on any atom is -0.460 e. The first kappa shape index (κ1) is 20.3. The number of hydrogen-bond donors (Lipinski definition) is 0. The first-order chi connectivity index (χ1) is 13.8. The third-order valence-electron chi connectivity index (χ3n) is 6.23. The predicted molar refractivity (Wildman–Crippen MR) is 116 cm³/mol. The summed E-state index contributed by atoms with van der Waals surface area (Å²) in [6.45, 7) is 9.20. The van der Waals surface area contributed by atoms with Crippen molar-refractivity contribution in [3.63, 3.8) is 0 Å². The molecule has 2 saturated heterocycles. The molecule has 0 unspecified atom stereocenters. The Hall–Kier alpha value is -1.95. The van der Waals surface area contributed by atoms with Crippen molar-refractivity contribution in [2.75, 3.05) is 6.61 Å². The molecule has 0 bridgehead atoms. The Morgan fingerprint density at radius 1 is 1.00 bits per heavy atom. The average molecular weight is 411 g/mol. The number of benzene rings is 2. The number of cyclic esters (lactones) is 1. The van der Waals surface area contributed by atoms with E-state index in [1.807, 2.05) is 19.1 Å². The quantitative estimate of drug-likeness (QED) is 0.561. The van der Waals surface area contributed by atoms with Gasteiger partial charge >= 0.3 is 5.97 Å². The smallest absolute Gasteiger partial charge is 0.312 e. The molecule has 0 N–H and O–H groups in total. The molecule has 2 aliphatic heterocycles. The number of fused-ring (bicyclic) bond motifs is 1. The van der Waals surface area contributed by atoms with E-state index in [4.69, 9.17) is 13.9 Å². The van der Waals surface area contributed by atoms with Crippen LogP contribution >= 0.6 is 0 Å². The van der Waals surface area contributed by atoms with Crippen molar-refractivity contribution in [2.24, 2.45) is 5.92 Å². The third-order valence-corrected chi connectivity index (χ3v) is 11.2. The van der Waals surface area contributed by atoms with Crippen LogP contribution in [0.5, 0.6) is 0 Å². The topological polar surface area (TPSA) is 44.8 Å². The van der Waals surface area contributed by atoms with Crippen molar-refractivity contribution < 1.29 is 18.7 Å². The fourth-order valence-corrected chi connectivity index (χ4v) is 9.47. The van der Waals surface area contributed by atoms with Crippen LogP contribution in [0.3, 0.4) is 0 Å². The maximum absolute atomic E-state index is 12.1. The Kier molecular flexibility index (Phi) is 5.40. The van der Waals surface area contributed by atoms with Crippen LogP contribution < -0.4 is 10.4 Å². The summed E-state index contributed by atoms with van der Waals surface area (Å²) in [4.78, 5) is 12.1. The molecule has 0 aliphatic carbocycles. The Balaban J connectivity index is 1.66. The molecule has 2 aromatic rings. The molecule has 5 heteroatoms. The molecular formula is C24H30O4Si. The molecule has 2 aliphatic rings. The molecule has 0 saturated carbocycles. The van der Waals surface area contributed by atoms with E-state index in [0.717, 1.165) is 0 Å². The van der Waals surface area contributed by atoms with Gasteiger partial charge in [0.15, 0.2) is 0 Å². The first-order valence-corrected chi connectivity index (χ1v) is 12.3. The first-order valence-electron chi connectivity index (χ1n) is 10.4. The van der Waals surface area contributed by atoms with Gasteiger partial charge in [0.25, 0.3) is 8.32 Å². The maximum Gasteiger partial charge on any atom is 0.312 e. The van der Waals surface area contributed by atoms with Crippen molar-refractivity contribution in [1.29, 1.82) is 0 Å². The molecule has 154 valence electrons. The van der Waals surface area contributed by atoms with Crippen molar-refractivity contribution in [2.45, 2.75) is 57.5 Å². The predicted octanol–water partition coefficient (Wildman–Crippen LogP) is 3.28. The molecule has 0 spiro atoms. The molecule has 0 amide bonds. The second kappa shape index (κ2) is 7.71. The summed E-state index contributed by atoms with van der Waals surface area (Å²) in [6, 6.07) is 21.2. The zero-order valence-electron chi connectivity index (χ0n) is 17.6. The SMILES string of the molecule is C[C@@H]1OC(=O)[C@@H]2C[C@@H](CO[Si](c3ccccc3)(c3ccccc3)C(C)(C)C)O[C@H]12. The van der Waals surface area contributed by atoms with Gasteiger partial charge in [0, 0.05) is 0 Å². The lowest BCUT2D eigenvalue weighted by atomic mass is 10.00. The van der Waals surface area contributed by atoms with Crippen LogP contribution in [-0.2, 0) is 18.7 Å². The highest BCUT2D eigenvalue weighted by atomic mass is 28.4. The van der Waals surface area contributed by atoms with E-state index in [2.05, 4.69) is 69.3 Å². The van der Waals surface area contributed by atoms with Crippen LogP contribution in [0.15, 0.2) is 60.7 Å². The Bertz CT molecular complexity index is 807. The van der Waals surface area contributed by atoms with Gasteiger partial charge in [0.1, 0.15) is 12.2 Å². The molecule has 4 rings (SSSR count). The zero-order valence-corrected chi connectivity index (χ0v) is 18.6. The molecule has 2 aromatic carbocycles. The number of carbonyl (C=O) groups is 1. The van der Waals surface area contributed by atoms with Crippen LogP contribution in [0, 0.1) is 5.92 Å². The normalized spacial score (nSPS) is 27.0. The Labute approximate surface area is 174 Å². The minimum atomic E-state index is -2.58. The van der Waals surface area contributed by atoms with Crippen LogP contribution in [0.1, 0.15) is 34.1 Å². The molecule has 2 fully saturated rings. The van der Waals surface area contributed by atoms with E-state index in [9.17, 15) is 4.79 Å². The van der Waals surface area contributed by atoms with Crippen LogP contribution in [-0.4, -0.2) is 39.2 Å². The molecular weight excluding hydrogens is 380 g/mol. The molecule has 0 aromatic heterocycles. The summed E-state index contributed by atoms with van der Waals surface area (Å²) in [6.07, 6.45) is 0.272. The second-order valence-electron chi connectivity index (χ2n) is 9.18. The highest BCUT2D eigenvalue weighted by molar-refractivity contribution is 6.99. The molecule has 4 atom stereocenters. The monoisotopic (exact) mass is 410 g/mol. The summed E-state index contributed by atoms with van der Waals surface area (Å²) in [5, 5.41) is 2.44. The molecule has 29 heavy (non-hydrogen) atoms. The lowest BCUT2D eigenvalue weighted by Crippen LogP contribution is -2.67. The minimum absolute atomic E-state index is 0.0730. The summed E-state index contributed by atoms with van der Waals surface area (Å²) in [5.41, 5.74) is 0. The molecule has 2 heterocycles. The van der Waals surface area contributed by atoms with Crippen LogP contribution in [0.2, 0.25) is 5.04 Å². The van der Waals surface area contributed by atoms with Gasteiger partial charge in [-0.3, -0.25) is 4.79 Å². The Morgan fingerprint density at radius 2 is 1.55 bits per heavy atom. The van der Waals surface area contributed by atoms with E-state index in [-0.39, 0.29) is 35.2 Å². The van der Waals surface area contributed by atoms with Crippen molar-refractivity contribution in [3.05, 3.63) is 60.7 Å². The van der Waals surface area contributed by atoms with Gasteiger partial charge in [-0.15, -0.1) is 0 Å².